The van der Waals surface area contributed by atoms with Crippen molar-refractivity contribution in [1.82, 2.24) is 9.88 Å². The molecule has 4 nitrogen and oxygen atoms in total. The lowest BCUT2D eigenvalue weighted by molar-refractivity contribution is 0.237. The van der Waals surface area contributed by atoms with Crippen LogP contribution < -0.4 is 10.5 Å². The quantitative estimate of drug-likeness (QED) is 0.838. The van der Waals surface area contributed by atoms with Gasteiger partial charge in [0, 0.05) is 29.9 Å². The Hall–Kier alpha value is -1.13. The summed E-state index contributed by atoms with van der Waals surface area (Å²) in [6, 6.07) is 0.462. The van der Waals surface area contributed by atoms with E-state index in [1.807, 2.05) is 13.1 Å². The molecule has 0 amide bonds. The standard InChI is InChI=1S/C14H25N3O/c1-10-8-16-13(12(3)14(10)18-5)9-17(4)11(2)6-7-15/h8,11H,6-7,9,15H2,1-5H3. The van der Waals surface area contributed by atoms with Crippen LogP contribution in [0.4, 0.5) is 0 Å². The molecule has 0 fully saturated rings. The van der Waals surface area contributed by atoms with Gasteiger partial charge in [0.2, 0.25) is 0 Å². The monoisotopic (exact) mass is 251 g/mol. The molecule has 0 bridgehead atoms. The summed E-state index contributed by atoms with van der Waals surface area (Å²) in [5, 5.41) is 0. The number of nitrogens with zero attached hydrogens (tertiary/aromatic N) is 2. The maximum Gasteiger partial charge on any atom is 0.128 e. The second-order valence-electron chi connectivity index (χ2n) is 4.89. The van der Waals surface area contributed by atoms with Gasteiger partial charge in [-0.2, -0.15) is 0 Å². The Balaban J connectivity index is 2.85. The lowest BCUT2D eigenvalue weighted by Gasteiger charge is -2.25. The fourth-order valence-electron chi connectivity index (χ4n) is 2.08. The fourth-order valence-corrected chi connectivity index (χ4v) is 2.08. The smallest absolute Gasteiger partial charge is 0.128 e. The summed E-state index contributed by atoms with van der Waals surface area (Å²) in [7, 11) is 3.81. The van der Waals surface area contributed by atoms with Gasteiger partial charge < -0.3 is 10.5 Å². The minimum absolute atomic E-state index is 0.462. The predicted molar refractivity (Wildman–Crippen MR) is 74.9 cm³/mol. The number of ether oxygens (including phenoxy) is 1. The third-order valence-corrected chi connectivity index (χ3v) is 3.49. The minimum atomic E-state index is 0.462. The van der Waals surface area contributed by atoms with Gasteiger partial charge in [0.05, 0.1) is 12.8 Å². The lowest BCUT2D eigenvalue weighted by Crippen LogP contribution is -2.31. The first kappa shape index (κ1) is 14.9. The van der Waals surface area contributed by atoms with E-state index in [1.54, 1.807) is 7.11 Å². The molecule has 2 N–H and O–H groups in total. The Morgan fingerprint density at radius 2 is 2.11 bits per heavy atom. The van der Waals surface area contributed by atoms with Crippen molar-refractivity contribution in [3.05, 3.63) is 23.0 Å². The van der Waals surface area contributed by atoms with E-state index < -0.39 is 0 Å². The summed E-state index contributed by atoms with van der Waals surface area (Å²) < 4.78 is 5.43. The van der Waals surface area contributed by atoms with E-state index >= 15 is 0 Å². The molecule has 1 aromatic heterocycles. The second-order valence-corrected chi connectivity index (χ2v) is 4.89. The molecule has 0 aliphatic heterocycles. The molecule has 1 unspecified atom stereocenters. The second kappa shape index (κ2) is 6.71. The third-order valence-electron chi connectivity index (χ3n) is 3.49. The number of rotatable bonds is 6. The summed E-state index contributed by atoms with van der Waals surface area (Å²) in [6.45, 7) is 7.81. The van der Waals surface area contributed by atoms with Gasteiger partial charge in [-0.25, -0.2) is 0 Å². The van der Waals surface area contributed by atoms with Crippen LogP contribution >= 0.6 is 0 Å². The first-order valence-electron chi connectivity index (χ1n) is 6.40. The van der Waals surface area contributed by atoms with Gasteiger partial charge in [-0.3, -0.25) is 9.88 Å². The van der Waals surface area contributed by atoms with Crippen molar-refractivity contribution in [2.24, 2.45) is 5.73 Å². The molecule has 1 aromatic rings. The molecule has 0 aliphatic carbocycles. The fraction of sp³-hybridized carbons (Fsp3) is 0.643. The van der Waals surface area contributed by atoms with Crippen molar-refractivity contribution < 1.29 is 4.74 Å². The van der Waals surface area contributed by atoms with Crippen LogP contribution in [-0.4, -0.2) is 36.6 Å². The predicted octanol–water partition coefficient (Wildman–Crippen LogP) is 1.88. The zero-order chi connectivity index (χ0) is 13.7. The normalized spacial score (nSPS) is 12.8. The van der Waals surface area contributed by atoms with Crippen molar-refractivity contribution in [2.45, 2.75) is 39.8 Å². The van der Waals surface area contributed by atoms with Crippen LogP contribution in [0.3, 0.4) is 0 Å². The SMILES string of the molecule is COc1c(C)cnc(CN(C)C(C)CCN)c1C. The first-order chi connectivity index (χ1) is 8.51. The van der Waals surface area contributed by atoms with Gasteiger partial charge in [0.25, 0.3) is 0 Å². The maximum atomic E-state index is 5.59. The molecule has 0 spiro atoms. The molecule has 0 aliphatic rings. The zero-order valence-corrected chi connectivity index (χ0v) is 12.2. The van der Waals surface area contributed by atoms with E-state index in [2.05, 4.69) is 30.8 Å². The van der Waals surface area contributed by atoms with Gasteiger partial charge >= 0.3 is 0 Å². The van der Waals surface area contributed by atoms with Crippen molar-refractivity contribution in [3.8, 4) is 5.75 Å². The van der Waals surface area contributed by atoms with Crippen LogP contribution in [0.2, 0.25) is 0 Å². The number of nitrogens with two attached hydrogens (primary N) is 1. The number of pyridine rings is 1. The van der Waals surface area contributed by atoms with Crippen LogP contribution in [0.25, 0.3) is 0 Å². The molecule has 4 heteroatoms. The highest BCUT2D eigenvalue weighted by atomic mass is 16.5. The average Bonchev–Trinajstić information content (AvgIpc) is 2.33. The van der Waals surface area contributed by atoms with Gasteiger partial charge in [0.1, 0.15) is 5.75 Å². The van der Waals surface area contributed by atoms with Gasteiger partial charge in [0.15, 0.2) is 0 Å². The number of hydrogen-bond acceptors (Lipinski definition) is 4. The van der Waals surface area contributed by atoms with Crippen LogP contribution in [-0.2, 0) is 6.54 Å². The van der Waals surface area contributed by atoms with E-state index in [1.165, 1.54) is 0 Å². The molecule has 0 radical (unpaired) electrons. The van der Waals surface area contributed by atoms with Gasteiger partial charge in [-0.05, 0) is 40.8 Å². The van der Waals surface area contributed by atoms with Gasteiger partial charge in [-0.15, -0.1) is 0 Å². The third kappa shape index (κ3) is 3.43. The van der Waals surface area contributed by atoms with E-state index in [9.17, 15) is 0 Å². The topological polar surface area (TPSA) is 51.4 Å². The Labute approximate surface area is 110 Å². The van der Waals surface area contributed by atoms with Crippen LogP contribution in [0.15, 0.2) is 6.20 Å². The summed E-state index contributed by atoms with van der Waals surface area (Å²) in [6.07, 6.45) is 2.88. The molecule has 102 valence electrons. The first-order valence-corrected chi connectivity index (χ1v) is 6.40. The molecular weight excluding hydrogens is 226 g/mol. The number of aromatic nitrogens is 1. The Bertz CT molecular complexity index is 393. The van der Waals surface area contributed by atoms with Gasteiger partial charge in [-0.1, -0.05) is 0 Å². The highest BCUT2D eigenvalue weighted by molar-refractivity contribution is 5.40. The number of hydrogen-bond donors (Lipinski definition) is 1. The molecule has 1 atom stereocenters. The van der Waals surface area contributed by atoms with E-state index in [4.69, 9.17) is 10.5 Å². The van der Waals surface area contributed by atoms with E-state index in [0.29, 0.717) is 6.04 Å². The lowest BCUT2D eigenvalue weighted by atomic mass is 10.1. The largest absolute Gasteiger partial charge is 0.496 e. The molecular formula is C14H25N3O. The Morgan fingerprint density at radius 3 is 2.67 bits per heavy atom. The number of aryl methyl sites for hydroxylation is 1. The van der Waals surface area contributed by atoms with E-state index in [-0.39, 0.29) is 0 Å². The molecule has 18 heavy (non-hydrogen) atoms. The van der Waals surface area contributed by atoms with Crippen molar-refractivity contribution in [2.75, 3.05) is 20.7 Å². The number of methoxy groups -OCH3 is 1. The molecule has 1 heterocycles. The highest BCUT2D eigenvalue weighted by Gasteiger charge is 2.14. The van der Waals surface area contributed by atoms with Crippen LogP contribution in [0.5, 0.6) is 5.75 Å². The average molecular weight is 251 g/mol. The summed E-state index contributed by atoms with van der Waals surface area (Å²) in [4.78, 5) is 6.79. The molecule has 0 aromatic carbocycles. The Kier molecular flexibility index (Phi) is 5.56. The minimum Gasteiger partial charge on any atom is -0.496 e. The summed E-state index contributed by atoms with van der Waals surface area (Å²) in [5.74, 6) is 0.944. The summed E-state index contributed by atoms with van der Waals surface area (Å²) in [5.41, 5.74) is 8.88. The summed E-state index contributed by atoms with van der Waals surface area (Å²) >= 11 is 0. The Morgan fingerprint density at radius 1 is 1.44 bits per heavy atom. The van der Waals surface area contributed by atoms with Crippen LogP contribution in [0.1, 0.15) is 30.2 Å². The molecule has 0 saturated carbocycles. The maximum absolute atomic E-state index is 5.59. The van der Waals surface area contributed by atoms with Crippen LogP contribution in [0, 0.1) is 13.8 Å². The highest BCUT2D eigenvalue weighted by Crippen LogP contribution is 2.24. The van der Waals surface area contributed by atoms with Crippen molar-refractivity contribution in [3.63, 3.8) is 0 Å². The van der Waals surface area contributed by atoms with Crippen molar-refractivity contribution in [1.29, 1.82) is 0 Å². The zero-order valence-electron chi connectivity index (χ0n) is 12.2. The molecule has 0 saturated heterocycles. The van der Waals surface area contributed by atoms with E-state index in [0.717, 1.165) is 42.1 Å². The van der Waals surface area contributed by atoms with Crippen molar-refractivity contribution >= 4 is 0 Å². The molecule has 1 rings (SSSR count).